The molecule has 0 bridgehead atoms. The van der Waals surface area contributed by atoms with E-state index in [9.17, 15) is 9.59 Å². The van der Waals surface area contributed by atoms with Crippen molar-refractivity contribution in [3.8, 4) is 0 Å². The lowest BCUT2D eigenvalue weighted by Gasteiger charge is -2.31. The maximum absolute atomic E-state index is 12.0. The summed E-state index contributed by atoms with van der Waals surface area (Å²) in [6.07, 6.45) is 2.26. The summed E-state index contributed by atoms with van der Waals surface area (Å²) in [6.45, 7) is 5.18. The van der Waals surface area contributed by atoms with Crippen molar-refractivity contribution in [1.82, 2.24) is 10.2 Å². The third kappa shape index (κ3) is 4.38. The monoisotopic (exact) mass is 272 g/mol. The molecule has 0 aromatic rings. The maximum Gasteiger partial charge on any atom is 0.326 e. The molecule has 6 nitrogen and oxygen atoms in total. The smallest absolute Gasteiger partial charge is 0.326 e. The summed E-state index contributed by atoms with van der Waals surface area (Å²) < 4.78 is 5.29. The Morgan fingerprint density at radius 3 is 2.47 bits per heavy atom. The Morgan fingerprint density at radius 1 is 1.42 bits per heavy atom. The molecule has 0 aliphatic carbocycles. The van der Waals surface area contributed by atoms with Gasteiger partial charge in [-0.05, 0) is 32.1 Å². The maximum atomic E-state index is 12.0. The fourth-order valence-electron chi connectivity index (χ4n) is 2.39. The first-order valence-corrected chi connectivity index (χ1v) is 6.81. The lowest BCUT2D eigenvalue weighted by atomic mass is 9.93. The van der Waals surface area contributed by atoms with Gasteiger partial charge in [0.05, 0.1) is 0 Å². The summed E-state index contributed by atoms with van der Waals surface area (Å²) in [5.41, 5.74) is 0. The van der Waals surface area contributed by atoms with Gasteiger partial charge in [-0.2, -0.15) is 0 Å². The Bertz CT molecular complexity index is 316. The zero-order chi connectivity index (χ0) is 14.4. The van der Waals surface area contributed by atoms with Crippen LogP contribution in [0.25, 0.3) is 0 Å². The highest BCUT2D eigenvalue weighted by Crippen LogP contribution is 2.18. The van der Waals surface area contributed by atoms with Crippen LogP contribution >= 0.6 is 0 Å². The molecule has 1 aliphatic rings. The number of ether oxygens (including phenoxy) is 1. The highest BCUT2D eigenvalue weighted by atomic mass is 16.5. The number of rotatable bonds is 5. The number of urea groups is 1. The minimum atomic E-state index is -0.973. The van der Waals surface area contributed by atoms with E-state index >= 15 is 0 Å². The number of amides is 2. The number of likely N-dealkylation sites (N-methyl/N-ethyl adjacent to an activating group) is 1. The van der Waals surface area contributed by atoms with Gasteiger partial charge in [-0.1, -0.05) is 6.92 Å². The molecule has 1 fully saturated rings. The molecule has 110 valence electrons. The second-order valence-corrected chi connectivity index (χ2v) is 5.06. The van der Waals surface area contributed by atoms with Gasteiger partial charge in [-0.3, -0.25) is 0 Å². The fraction of sp³-hybridized carbons (Fsp3) is 0.846. The number of hydrogen-bond acceptors (Lipinski definition) is 3. The van der Waals surface area contributed by atoms with E-state index in [1.807, 2.05) is 6.92 Å². The van der Waals surface area contributed by atoms with E-state index in [-0.39, 0.29) is 12.1 Å². The third-order valence-electron chi connectivity index (χ3n) is 3.78. The first-order valence-electron chi connectivity index (χ1n) is 6.81. The minimum absolute atomic E-state index is 0.0325. The van der Waals surface area contributed by atoms with E-state index in [0.717, 1.165) is 26.1 Å². The predicted molar refractivity (Wildman–Crippen MR) is 71.0 cm³/mol. The Labute approximate surface area is 114 Å². The summed E-state index contributed by atoms with van der Waals surface area (Å²) in [6, 6.07) is -1.07. The molecule has 1 aliphatic heterocycles. The molecular formula is C13H24N2O4. The lowest BCUT2D eigenvalue weighted by molar-refractivity contribution is -0.141. The van der Waals surface area contributed by atoms with Gasteiger partial charge >= 0.3 is 12.0 Å². The topological polar surface area (TPSA) is 78.9 Å². The SMILES string of the molecule is CCC(C(=O)O)N(C)C(=O)NC(C)C1CCOCC1. The van der Waals surface area contributed by atoms with Crippen molar-refractivity contribution in [1.29, 1.82) is 0 Å². The van der Waals surface area contributed by atoms with Crippen molar-refractivity contribution in [2.45, 2.75) is 45.2 Å². The van der Waals surface area contributed by atoms with Crippen LogP contribution in [0, 0.1) is 5.92 Å². The second-order valence-electron chi connectivity index (χ2n) is 5.06. The molecule has 2 amide bonds. The van der Waals surface area contributed by atoms with Gasteiger partial charge in [0.2, 0.25) is 0 Å². The Hall–Kier alpha value is -1.30. The summed E-state index contributed by atoms with van der Waals surface area (Å²) in [5, 5.41) is 11.9. The molecule has 6 heteroatoms. The zero-order valence-corrected chi connectivity index (χ0v) is 11.9. The highest BCUT2D eigenvalue weighted by molar-refractivity contribution is 5.82. The number of carboxylic acid groups (broad SMARTS) is 1. The van der Waals surface area contributed by atoms with E-state index in [1.54, 1.807) is 6.92 Å². The first kappa shape index (κ1) is 15.8. The van der Waals surface area contributed by atoms with E-state index in [0.29, 0.717) is 12.3 Å². The van der Waals surface area contributed by atoms with Gasteiger partial charge < -0.3 is 20.1 Å². The summed E-state index contributed by atoms with van der Waals surface area (Å²) in [7, 11) is 1.52. The van der Waals surface area contributed by atoms with Crippen LogP contribution in [0.5, 0.6) is 0 Å². The van der Waals surface area contributed by atoms with Gasteiger partial charge in [-0.15, -0.1) is 0 Å². The van der Waals surface area contributed by atoms with Crippen LogP contribution < -0.4 is 5.32 Å². The molecule has 2 unspecified atom stereocenters. The summed E-state index contributed by atoms with van der Waals surface area (Å²) in [4.78, 5) is 24.3. The molecule has 2 N–H and O–H groups in total. The molecule has 0 radical (unpaired) electrons. The van der Waals surface area contributed by atoms with Gasteiger partial charge in [-0.25, -0.2) is 9.59 Å². The lowest BCUT2D eigenvalue weighted by Crippen LogP contribution is -2.51. The number of hydrogen-bond donors (Lipinski definition) is 2. The van der Waals surface area contributed by atoms with Gasteiger partial charge in [0, 0.05) is 26.3 Å². The van der Waals surface area contributed by atoms with Crippen LogP contribution in [0.1, 0.15) is 33.1 Å². The number of nitrogens with one attached hydrogen (secondary N) is 1. The average Bonchev–Trinajstić information content (AvgIpc) is 2.39. The molecule has 2 atom stereocenters. The molecule has 0 aromatic carbocycles. The van der Waals surface area contributed by atoms with E-state index < -0.39 is 12.0 Å². The van der Waals surface area contributed by atoms with Crippen molar-refractivity contribution in [2.75, 3.05) is 20.3 Å². The number of carbonyl (C=O) groups excluding carboxylic acids is 1. The van der Waals surface area contributed by atoms with Crippen LogP contribution in [-0.4, -0.2) is 54.4 Å². The molecule has 0 spiro atoms. The highest BCUT2D eigenvalue weighted by Gasteiger charge is 2.27. The predicted octanol–water partition coefficient (Wildman–Crippen LogP) is 1.31. The van der Waals surface area contributed by atoms with Gasteiger partial charge in [0.15, 0.2) is 0 Å². The van der Waals surface area contributed by atoms with Crippen molar-refractivity contribution < 1.29 is 19.4 Å². The van der Waals surface area contributed by atoms with E-state index in [4.69, 9.17) is 9.84 Å². The number of carbonyl (C=O) groups is 2. The first-order chi connectivity index (χ1) is 8.97. The van der Waals surface area contributed by atoms with Crippen LogP contribution in [-0.2, 0) is 9.53 Å². The molecule has 1 rings (SSSR count). The molecule has 1 saturated heterocycles. The molecule has 0 aromatic heterocycles. The Morgan fingerprint density at radius 2 is 2.00 bits per heavy atom. The zero-order valence-electron chi connectivity index (χ0n) is 11.9. The molecule has 19 heavy (non-hydrogen) atoms. The minimum Gasteiger partial charge on any atom is -0.480 e. The largest absolute Gasteiger partial charge is 0.480 e. The summed E-state index contributed by atoms with van der Waals surface area (Å²) >= 11 is 0. The van der Waals surface area contributed by atoms with Crippen molar-refractivity contribution in [2.24, 2.45) is 5.92 Å². The Kier molecular flexibility index (Phi) is 6.08. The van der Waals surface area contributed by atoms with Crippen molar-refractivity contribution in [3.05, 3.63) is 0 Å². The van der Waals surface area contributed by atoms with Crippen molar-refractivity contribution >= 4 is 12.0 Å². The number of aliphatic carboxylic acids is 1. The third-order valence-corrected chi connectivity index (χ3v) is 3.78. The van der Waals surface area contributed by atoms with E-state index in [1.165, 1.54) is 11.9 Å². The number of carboxylic acids is 1. The fourth-order valence-corrected chi connectivity index (χ4v) is 2.39. The average molecular weight is 272 g/mol. The molecule has 0 saturated carbocycles. The normalized spacial score (nSPS) is 19.5. The Balaban J connectivity index is 2.50. The second kappa shape index (κ2) is 7.33. The number of nitrogens with zero attached hydrogens (tertiary/aromatic N) is 1. The van der Waals surface area contributed by atoms with Crippen molar-refractivity contribution in [3.63, 3.8) is 0 Å². The van der Waals surface area contributed by atoms with Crippen LogP contribution in [0.2, 0.25) is 0 Å². The van der Waals surface area contributed by atoms with Gasteiger partial charge in [0.25, 0.3) is 0 Å². The summed E-state index contributed by atoms with van der Waals surface area (Å²) in [5.74, 6) is -0.574. The van der Waals surface area contributed by atoms with Crippen LogP contribution in [0.15, 0.2) is 0 Å². The van der Waals surface area contributed by atoms with Crippen LogP contribution in [0.4, 0.5) is 4.79 Å². The standard InChI is InChI=1S/C13H24N2O4/c1-4-11(12(16)17)15(3)13(18)14-9(2)10-5-7-19-8-6-10/h9-11H,4-8H2,1-3H3,(H,14,18)(H,16,17). The van der Waals surface area contributed by atoms with Crippen LogP contribution in [0.3, 0.4) is 0 Å². The molecular weight excluding hydrogens is 248 g/mol. The quantitative estimate of drug-likeness (QED) is 0.791. The van der Waals surface area contributed by atoms with Gasteiger partial charge in [0.1, 0.15) is 6.04 Å². The molecule has 1 heterocycles. The van der Waals surface area contributed by atoms with E-state index in [2.05, 4.69) is 5.32 Å².